The molecule has 1 aromatic carbocycles. The van der Waals surface area contributed by atoms with Crippen molar-refractivity contribution in [2.45, 2.75) is 5.22 Å². The maximum Gasteiger partial charge on any atom is 0.295 e. The molecule has 1 N–H and O–H groups in total. The first-order valence-corrected chi connectivity index (χ1v) is 5.63. The van der Waals surface area contributed by atoms with Gasteiger partial charge in [-0.3, -0.25) is 0 Å². The lowest BCUT2D eigenvalue weighted by atomic mass is 10.3. The molecular formula is C8H8N2O2S. The summed E-state index contributed by atoms with van der Waals surface area (Å²) in [4.78, 5) is 3.95. The molecule has 0 spiro atoms. The highest BCUT2D eigenvalue weighted by molar-refractivity contribution is 7.91. The number of hydrogen-bond donors (Lipinski definition) is 1. The maximum absolute atomic E-state index is 11.3. The van der Waals surface area contributed by atoms with Crippen molar-refractivity contribution >= 4 is 20.8 Å². The van der Waals surface area contributed by atoms with E-state index in [1.807, 2.05) is 6.07 Å². The molecule has 1 aromatic heterocycles. The quantitative estimate of drug-likeness (QED) is 0.757. The summed E-state index contributed by atoms with van der Waals surface area (Å²) in [6.45, 7) is 0. The summed E-state index contributed by atoms with van der Waals surface area (Å²) in [5.74, 6) is 0. The average Bonchev–Trinajstić information content (AvgIpc) is 2.45. The van der Waals surface area contributed by atoms with Gasteiger partial charge in [0.2, 0.25) is 0 Å². The number of benzene rings is 1. The molecular weight excluding hydrogens is 188 g/mol. The topological polar surface area (TPSA) is 67.0 Å². The van der Waals surface area contributed by atoms with E-state index in [1.165, 1.54) is 6.26 Å². The van der Waals surface area contributed by atoms with Crippen LogP contribution in [0.15, 0.2) is 33.9 Å². The zero-order valence-electron chi connectivity index (χ0n) is 6.98. The molecule has 0 aliphatic carbocycles. The Balaban J connectivity index is 2.77. The zero-order chi connectivity index (χ0) is 9.47. The lowest BCUT2D eigenvalue weighted by Crippen LogP contribution is -1.93. The van der Waals surface area contributed by atoms with E-state index in [4.69, 9.17) is 9.20 Å². The third kappa shape index (κ3) is 1.42. The van der Waals surface area contributed by atoms with Crippen LogP contribution in [0.1, 0.15) is 0 Å². The molecule has 0 bridgehead atoms. The molecule has 13 heavy (non-hydrogen) atoms. The second-order valence-corrected chi connectivity index (χ2v) is 4.83. The number of hydrogen-bond acceptors (Lipinski definition) is 4. The minimum Gasteiger partial charge on any atom is -0.429 e. The van der Waals surface area contributed by atoms with Gasteiger partial charge >= 0.3 is 0 Å². The second kappa shape index (κ2) is 2.56. The van der Waals surface area contributed by atoms with E-state index in [0.29, 0.717) is 11.1 Å². The van der Waals surface area contributed by atoms with Gasteiger partial charge in [0.1, 0.15) is 15.2 Å². The van der Waals surface area contributed by atoms with Crippen molar-refractivity contribution in [3.05, 3.63) is 24.3 Å². The van der Waals surface area contributed by atoms with Crippen molar-refractivity contribution < 1.29 is 8.63 Å². The smallest absolute Gasteiger partial charge is 0.295 e. The summed E-state index contributed by atoms with van der Waals surface area (Å²) < 4.78 is 23.7. The first kappa shape index (κ1) is 8.25. The Morgan fingerprint density at radius 3 is 2.77 bits per heavy atom. The third-order valence-corrected chi connectivity index (χ3v) is 2.45. The van der Waals surface area contributed by atoms with Gasteiger partial charge in [-0.15, -0.1) is 0 Å². The van der Waals surface area contributed by atoms with Crippen LogP contribution in [0.2, 0.25) is 0 Å². The number of nitrogens with one attached hydrogen (secondary N) is 1. The Bertz CT molecular complexity index is 509. The van der Waals surface area contributed by atoms with Crippen LogP contribution in [-0.4, -0.2) is 15.4 Å². The van der Waals surface area contributed by atoms with Crippen molar-refractivity contribution in [1.82, 2.24) is 4.98 Å². The number of para-hydroxylation sites is 2. The second-order valence-electron chi connectivity index (χ2n) is 2.79. The Morgan fingerprint density at radius 2 is 2.15 bits per heavy atom. The maximum atomic E-state index is 11.3. The lowest BCUT2D eigenvalue weighted by Gasteiger charge is -1.89. The molecule has 0 fully saturated rings. The van der Waals surface area contributed by atoms with Crippen LogP contribution in [0.25, 0.3) is 11.1 Å². The largest absolute Gasteiger partial charge is 0.429 e. The molecule has 1 atom stereocenters. The minimum atomic E-state index is -2.84. The molecule has 0 aliphatic rings. The average molecular weight is 196 g/mol. The number of rotatable bonds is 1. The standard InChI is InChI=1S/C8H8N2O2S/c1-13(9,11)8-10-6-4-2-3-5-7(6)12-8/h2-5,9H,1H3. The molecule has 68 valence electrons. The van der Waals surface area contributed by atoms with Crippen LogP contribution in [0.3, 0.4) is 0 Å². The van der Waals surface area contributed by atoms with Gasteiger partial charge in [0.15, 0.2) is 5.58 Å². The van der Waals surface area contributed by atoms with Gasteiger partial charge in [-0.25, -0.2) is 14.0 Å². The van der Waals surface area contributed by atoms with E-state index in [0.717, 1.165) is 0 Å². The number of fused-ring (bicyclic) bond motifs is 1. The third-order valence-electron chi connectivity index (χ3n) is 1.61. The molecule has 4 nitrogen and oxygen atoms in total. The van der Waals surface area contributed by atoms with E-state index >= 15 is 0 Å². The SMILES string of the molecule is CS(=N)(=O)c1nc2ccccc2o1. The first-order valence-electron chi connectivity index (χ1n) is 3.67. The van der Waals surface area contributed by atoms with E-state index in [2.05, 4.69) is 4.98 Å². The summed E-state index contributed by atoms with van der Waals surface area (Å²) in [6, 6.07) is 7.11. The zero-order valence-corrected chi connectivity index (χ0v) is 7.80. The molecule has 0 saturated carbocycles. The molecule has 2 aromatic rings. The van der Waals surface area contributed by atoms with Crippen molar-refractivity contribution in [3.63, 3.8) is 0 Å². The fourth-order valence-corrected chi connectivity index (χ4v) is 1.54. The fourth-order valence-electron chi connectivity index (χ4n) is 1.02. The summed E-state index contributed by atoms with van der Waals surface area (Å²) in [5, 5.41) is -0.00583. The van der Waals surface area contributed by atoms with Crippen LogP contribution < -0.4 is 0 Å². The van der Waals surface area contributed by atoms with E-state index in [9.17, 15) is 4.21 Å². The fraction of sp³-hybridized carbons (Fsp3) is 0.125. The van der Waals surface area contributed by atoms with Gasteiger partial charge in [0.05, 0.1) is 0 Å². The van der Waals surface area contributed by atoms with Crippen molar-refractivity contribution in [2.24, 2.45) is 0 Å². The molecule has 0 saturated heterocycles. The van der Waals surface area contributed by atoms with Crippen molar-refractivity contribution in [2.75, 3.05) is 6.26 Å². The van der Waals surface area contributed by atoms with Gasteiger partial charge in [0.25, 0.3) is 5.22 Å². The van der Waals surface area contributed by atoms with Crippen LogP contribution in [0, 0.1) is 4.78 Å². The highest BCUT2D eigenvalue weighted by Gasteiger charge is 2.11. The van der Waals surface area contributed by atoms with Crippen LogP contribution in [0.5, 0.6) is 0 Å². The molecule has 1 unspecified atom stereocenters. The van der Waals surface area contributed by atoms with E-state index in [1.54, 1.807) is 18.2 Å². The molecule has 1 heterocycles. The lowest BCUT2D eigenvalue weighted by molar-refractivity contribution is 0.475. The summed E-state index contributed by atoms with van der Waals surface area (Å²) in [5.41, 5.74) is 1.21. The predicted molar refractivity (Wildman–Crippen MR) is 49.1 cm³/mol. The van der Waals surface area contributed by atoms with Crippen molar-refractivity contribution in [1.29, 1.82) is 4.78 Å². The van der Waals surface area contributed by atoms with Gasteiger partial charge in [-0.1, -0.05) is 12.1 Å². The summed E-state index contributed by atoms with van der Waals surface area (Å²) in [6.07, 6.45) is 1.29. The van der Waals surface area contributed by atoms with Crippen molar-refractivity contribution in [3.8, 4) is 0 Å². The van der Waals surface area contributed by atoms with Gasteiger partial charge in [-0.05, 0) is 12.1 Å². The molecule has 5 heteroatoms. The minimum absolute atomic E-state index is 0.00583. The van der Waals surface area contributed by atoms with E-state index < -0.39 is 9.73 Å². The Kier molecular flexibility index (Phi) is 1.63. The Hall–Kier alpha value is -1.36. The highest BCUT2D eigenvalue weighted by atomic mass is 32.2. The first-order chi connectivity index (χ1) is 6.07. The van der Waals surface area contributed by atoms with Crippen LogP contribution in [0.4, 0.5) is 0 Å². The van der Waals surface area contributed by atoms with E-state index in [-0.39, 0.29) is 5.22 Å². The summed E-state index contributed by atoms with van der Waals surface area (Å²) >= 11 is 0. The number of aromatic nitrogens is 1. The van der Waals surface area contributed by atoms with Crippen LogP contribution >= 0.6 is 0 Å². The number of oxazole rings is 1. The normalized spacial score (nSPS) is 15.8. The van der Waals surface area contributed by atoms with Gasteiger partial charge in [0, 0.05) is 6.26 Å². The van der Waals surface area contributed by atoms with Crippen LogP contribution in [-0.2, 0) is 9.73 Å². The van der Waals surface area contributed by atoms with Gasteiger partial charge in [-0.2, -0.15) is 0 Å². The molecule has 0 aliphatic heterocycles. The molecule has 0 amide bonds. The Morgan fingerprint density at radius 1 is 1.46 bits per heavy atom. The predicted octanol–water partition coefficient (Wildman–Crippen LogP) is 1.86. The number of nitrogens with zero attached hydrogens (tertiary/aromatic N) is 1. The monoisotopic (exact) mass is 196 g/mol. The Labute approximate surface area is 75.6 Å². The summed E-state index contributed by atoms with van der Waals surface area (Å²) in [7, 11) is -2.84. The van der Waals surface area contributed by atoms with Gasteiger partial charge < -0.3 is 4.42 Å². The molecule has 0 radical (unpaired) electrons. The molecule has 2 rings (SSSR count). The highest BCUT2D eigenvalue weighted by Crippen LogP contribution is 2.17.